The molecule has 3 rings (SSSR count). The van der Waals surface area contributed by atoms with E-state index in [2.05, 4.69) is 5.32 Å². The van der Waals surface area contributed by atoms with Crippen LogP contribution in [-0.2, 0) is 0 Å². The van der Waals surface area contributed by atoms with Gasteiger partial charge in [-0.2, -0.15) is 0 Å². The number of nitrogens with zero attached hydrogens (tertiary/aromatic N) is 1. The Morgan fingerprint density at radius 3 is 2.31 bits per heavy atom. The van der Waals surface area contributed by atoms with Crippen molar-refractivity contribution in [2.45, 2.75) is 19.3 Å². The van der Waals surface area contributed by atoms with Crippen molar-refractivity contribution in [3.63, 3.8) is 0 Å². The van der Waals surface area contributed by atoms with Crippen molar-refractivity contribution >= 4 is 52.3 Å². The number of hydrogen-bond donors (Lipinski definition) is 1. The first-order valence-corrected chi connectivity index (χ1v) is 9.44. The molecule has 0 bridgehead atoms. The van der Waals surface area contributed by atoms with Gasteiger partial charge in [0.1, 0.15) is 0 Å². The fraction of sp³-hybridized carbons (Fsp3) is 0.263. The molecule has 1 aliphatic rings. The number of amides is 2. The van der Waals surface area contributed by atoms with Gasteiger partial charge in [0.05, 0.1) is 21.3 Å². The van der Waals surface area contributed by atoms with Crippen LogP contribution in [-0.4, -0.2) is 29.8 Å². The summed E-state index contributed by atoms with van der Waals surface area (Å²) in [5.74, 6) is -0.496. The molecule has 2 amide bonds. The molecule has 0 aromatic heterocycles. The van der Waals surface area contributed by atoms with Crippen LogP contribution < -0.4 is 5.32 Å². The van der Waals surface area contributed by atoms with E-state index in [1.165, 1.54) is 6.07 Å². The minimum atomic E-state index is -0.390. The first-order valence-electron chi connectivity index (χ1n) is 8.31. The molecule has 26 heavy (non-hydrogen) atoms. The number of rotatable bonds is 3. The van der Waals surface area contributed by atoms with E-state index < -0.39 is 5.91 Å². The maximum atomic E-state index is 12.8. The van der Waals surface area contributed by atoms with E-state index in [9.17, 15) is 9.59 Å². The summed E-state index contributed by atoms with van der Waals surface area (Å²) in [5.41, 5.74) is 1.14. The molecule has 7 heteroatoms. The van der Waals surface area contributed by atoms with Crippen LogP contribution in [0, 0.1) is 0 Å². The normalized spacial score (nSPS) is 14.2. The second-order valence-corrected chi connectivity index (χ2v) is 7.38. The molecule has 1 N–H and O–H groups in total. The molecule has 1 saturated heterocycles. The minimum absolute atomic E-state index is 0.106. The maximum Gasteiger partial charge on any atom is 0.255 e. The molecule has 1 aliphatic heterocycles. The molecule has 1 fully saturated rings. The molecule has 1 heterocycles. The summed E-state index contributed by atoms with van der Waals surface area (Å²) in [7, 11) is 0. The number of benzene rings is 2. The van der Waals surface area contributed by atoms with Gasteiger partial charge in [0.15, 0.2) is 0 Å². The molecule has 0 saturated carbocycles. The van der Waals surface area contributed by atoms with Gasteiger partial charge in [-0.25, -0.2) is 0 Å². The van der Waals surface area contributed by atoms with Crippen molar-refractivity contribution in [1.29, 1.82) is 0 Å². The fourth-order valence-corrected chi connectivity index (χ4v) is 3.38. The second kappa shape index (κ2) is 8.30. The predicted molar refractivity (Wildman–Crippen MR) is 106 cm³/mol. The van der Waals surface area contributed by atoms with E-state index in [0.717, 1.165) is 32.4 Å². The molecular weight excluding hydrogens is 395 g/mol. The molecular formula is C19H17Cl3N2O2. The predicted octanol–water partition coefficient (Wildman–Crippen LogP) is 5.53. The molecule has 4 nitrogen and oxygen atoms in total. The highest BCUT2D eigenvalue weighted by molar-refractivity contribution is 6.42. The number of carbonyl (C=O) groups is 2. The summed E-state index contributed by atoms with van der Waals surface area (Å²) in [6.45, 7) is 1.45. The topological polar surface area (TPSA) is 49.4 Å². The zero-order valence-corrected chi connectivity index (χ0v) is 16.2. The van der Waals surface area contributed by atoms with Crippen LogP contribution in [0.4, 0.5) is 5.69 Å². The van der Waals surface area contributed by atoms with Crippen molar-refractivity contribution < 1.29 is 9.59 Å². The van der Waals surface area contributed by atoms with E-state index in [1.54, 1.807) is 30.3 Å². The van der Waals surface area contributed by atoms with Gasteiger partial charge in [0, 0.05) is 23.7 Å². The highest BCUT2D eigenvalue weighted by atomic mass is 35.5. The number of hydrogen-bond acceptors (Lipinski definition) is 2. The SMILES string of the molecule is O=C(Nc1cc(Cl)ccc1C(=O)N1CCCCC1)c1ccc(Cl)c(Cl)c1. The molecule has 2 aromatic carbocycles. The molecule has 0 unspecified atom stereocenters. The smallest absolute Gasteiger partial charge is 0.255 e. The van der Waals surface area contributed by atoms with Gasteiger partial charge < -0.3 is 10.2 Å². The first-order chi connectivity index (χ1) is 12.5. The van der Waals surface area contributed by atoms with Gasteiger partial charge in [-0.15, -0.1) is 0 Å². The van der Waals surface area contributed by atoms with Gasteiger partial charge in [-0.05, 0) is 55.7 Å². The molecule has 0 atom stereocenters. The third-order valence-electron chi connectivity index (χ3n) is 4.29. The van der Waals surface area contributed by atoms with Crippen LogP contribution in [0.3, 0.4) is 0 Å². The third-order valence-corrected chi connectivity index (χ3v) is 5.26. The van der Waals surface area contributed by atoms with Crippen LogP contribution in [0.1, 0.15) is 40.0 Å². The van der Waals surface area contributed by atoms with Crippen molar-refractivity contribution in [1.82, 2.24) is 4.90 Å². The third kappa shape index (κ3) is 4.32. The summed E-state index contributed by atoms with van der Waals surface area (Å²) >= 11 is 17.9. The van der Waals surface area contributed by atoms with Gasteiger partial charge in [0.2, 0.25) is 0 Å². The number of likely N-dealkylation sites (tertiary alicyclic amines) is 1. The molecule has 0 aliphatic carbocycles. The van der Waals surface area contributed by atoms with Crippen LogP contribution in [0.2, 0.25) is 15.1 Å². The average Bonchev–Trinajstić information content (AvgIpc) is 2.64. The van der Waals surface area contributed by atoms with Crippen LogP contribution in [0.15, 0.2) is 36.4 Å². The molecule has 136 valence electrons. The summed E-state index contributed by atoms with van der Waals surface area (Å²) in [5, 5.41) is 3.85. The number of halogens is 3. The largest absolute Gasteiger partial charge is 0.339 e. The molecule has 0 radical (unpaired) electrons. The number of anilines is 1. The van der Waals surface area contributed by atoms with Gasteiger partial charge in [-0.1, -0.05) is 34.8 Å². The summed E-state index contributed by atoms with van der Waals surface area (Å²) in [6, 6.07) is 9.47. The zero-order chi connectivity index (χ0) is 18.7. The fourth-order valence-electron chi connectivity index (χ4n) is 2.91. The summed E-state index contributed by atoms with van der Waals surface area (Å²) in [4.78, 5) is 27.2. The van der Waals surface area contributed by atoms with E-state index in [-0.39, 0.29) is 10.9 Å². The zero-order valence-electron chi connectivity index (χ0n) is 13.9. The average molecular weight is 412 g/mol. The molecule has 0 spiro atoms. The molecule has 2 aromatic rings. The van der Waals surface area contributed by atoms with Crippen molar-refractivity contribution in [2.75, 3.05) is 18.4 Å². The quantitative estimate of drug-likeness (QED) is 0.722. The van der Waals surface area contributed by atoms with E-state index in [1.807, 2.05) is 4.90 Å². The van der Waals surface area contributed by atoms with Crippen LogP contribution >= 0.6 is 34.8 Å². The van der Waals surface area contributed by atoms with Gasteiger partial charge >= 0.3 is 0 Å². The lowest BCUT2D eigenvalue weighted by molar-refractivity contribution is 0.0725. The lowest BCUT2D eigenvalue weighted by Crippen LogP contribution is -2.36. The summed E-state index contributed by atoms with van der Waals surface area (Å²) in [6.07, 6.45) is 3.11. The monoisotopic (exact) mass is 410 g/mol. The standard InChI is InChI=1S/C19H17Cl3N2O2/c20-13-5-6-14(19(26)24-8-2-1-3-9-24)17(11-13)23-18(25)12-4-7-15(21)16(22)10-12/h4-7,10-11H,1-3,8-9H2,(H,23,25). The highest BCUT2D eigenvalue weighted by Crippen LogP contribution is 2.26. The van der Waals surface area contributed by atoms with Gasteiger partial charge in [0.25, 0.3) is 11.8 Å². The lowest BCUT2D eigenvalue weighted by Gasteiger charge is -2.27. The summed E-state index contributed by atoms with van der Waals surface area (Å²) < 4.78 is 0. The Morgan fingerprint density at radius 1 is 0.885 bits per heavy atom. The van der Waals surface area contributed by atoms with E-state index in [4.69, 9.17) is 34.8 Å². The Hall–Kier alpha value is -1.75. The Kier molecular flexibility index (Phi) is 6.07. The van der Waals surface area contributed by atoms with Crippen molar-refractivity contribution in [2.24, 2.45) is 0 Å². The number of nitrogens with one attached hydrogen (secondary N) is 1. The Bertz CT molecular complexity index is 849. The Labute approximate surface area is 167 Å². The minimum Gasteiger partial charge on any atom is -0.339 e. The second-order valence-electron chi connectivity index (χ2n) is 6.13. The Morgan fingerprint density at radius 2 is 1.62 bits per heavy atom. The lowest BCUT2D eigenvalue weighted by atomic mass is 10.1. The van der Waals surface area contributed by atoms with Crippen molar-refractivity contribution in [3.8, 4) is 0 Å². The highest BCUT2D eigenvalue weighted by Gasteiger charge is 2.22. The first kappa shape index (κ1) is 19.0. The maximum absolute atomic E-state index is 12.8. The number of piperidine rings is 1. The van der Waals surface area contributed by atoms with Crippen LogP contribution in [0.5, 0.6) is 0 Å². The number of carbonyl (C=O) groups excluding carboxylic acids is 2. The Balaban J connectivity index is 1.86. The van der Waals surface area contributed by atoms with Gasteiger partial charge in [-0.3, -0.25) is 9.59 Å². The van der Waals surface area contributed by atoms with Crippen LogP contribution in [0.25, 0.3) is 0 Å². The van der Waals surface area contributed by atoms with Crippen molar-refractivity contribution in [3.05, 3.63) is 62.6 Å². The van der Waals surface area contributed by atoms with E-state index >= 15 is 0 Å². The van der Waals surface area contributed by atoms with E-state index in [0.29, 0.717) is 26.9 Å².